The van der Waals surface area contributed by atoms with Crippen molar-refractivity contribution >= 4 is 27.1 Å². The van der Waals surface area contributed by atoms with E-state index in [0.717, 1.165) is 6.07 Å². The molecule has 4 N–H and O–H groups in total. The molecule has 1 amide bonds. The topological polar surface area (TPSA) is 156 Å². The summed E-state index contributed by atoms with van der Waals surface area (Å²) in [4.78, 5) is 24.0. The third-order valence-electron chi connectivity index (χ3n) is 5.44. The maximum atomic E-state index is 13.0. The lowest BCUT2D eigenvalue weighted by molar-refractivity contribution is -0.384. The van der Waals surface area contributed by atoms with Crippen LogP contribution in [0.4, 0.5) is 11.4 Å². The Labute approximate surface area is 179 Å². The molecule has 0 unspecified atom stereocenters. The molecule has 0 bridgehead atoms. The Bertz CT molecular complexity index is 1110. The number of sulfone groups is 1. The SMILES string of the molecule is CN1CCC(O)(CNc2ccc(S(=O)(=O)c3ccccc3C(N)=O)cc2[N+](=O)[O-])CC1. The fourth-order valence-electron chi connectivity index (χ4n) is 3.48. The van der Waals surface area contributed by atoms with Gasteiger partial charge >= 0.3 is 0 Å². The number of anilines is 1. The van der Waals surface area contributed by atoms with Gasteiger partial charge in [0.15, 0.2) is 0 Å². The molecule has 0 aromatic heterocycles. The Kier molecular flexibility index (Phi) is 6.30. The predicted octanol–water partition coefficient (Wildman–Crippen LogP) is 1.40. The number of nitro benzene ring substituents is 1. The molecule has 0 saturated carbocycles. The number of hydrogen-bond donors (Lipinski definition) is 3. The number of rotatable bonds is 7. The number of piperidine rings is 1. The van der Waals surface area contributed by atoms with Crippen LogP contribution in [0.25, 0.3) is 0 Å². The first-order valence-electron chi connectivity index (χ1n) is 9.61. The van der Waals surface area contributed by atoms with Gasteiger partial charge in [-0.05, 0) is 44.2 Å². The summed E-state index contributed by atoms with van der Waals surface area (Å²) in [5.74, 6) is -0.918. The second-order valence-corrected chi connectivity index (χ2v) is 9.60. The van der Waals surface area contributed by atoms with E-state index in [4.69, 9.17) is 5.73 Å². The molecule has 166 valence electrons. The Morgan fingerprint density at radius 3 is 2.52 bits per heavy atom. The Morgan fingerprint density at radius 1 is 1.26 bits per heavy atom. The van der Waals surface area contributed by atoms with Crippen molar-refractivity contribution in [3.8, 4) is 0 Å². The van der Waals surface area contributed by atoms with Crippen LogP contribution in [0, 0.1) is 10.1 Å². The average Bonchev–Trinajstić information content (AvgIpc) is 2.74. The van der Waals surface area contributed by atoms with Crippen molar-refractivity contribution in [3.63, 3.8) is 0 Å². The first-order chi connectivity index (χ1) is 14.5. The highest BCUT2D eigenvalue weighted by Crippen LogP contribution is 2.32. The molecule has 1 fully saturated rings. The van der Waals surface area contributed by atoms with Crippen LogP contribution in [0.5, 0.6) is 0 Å². The van der Waals surface area contributed by atoms with Gasteiger partial charge in [0.1, 0.15) is 5.69 Å². The van der Waals surface area contributed by atoms with E-state index in [1.54, 1.807) is 0 Å². The van der Waals surface area contributed by atoms with Crippen LogP contribution in [0.1, 0.15) is 23.2 Å². The maximum Gasteiger partial charge on any atom is 0.293 e. The molecule has 1 aliphatic heterocycles. The molecule has 1 saturated heterocycles. The highest BCUT2D eigenvalue weighted by molar-refractivity contribution is 7.91. The molecule has 0 atom stereocenters. The molecule has 11 heteroatoms. The molecule has 10 nitrogen and oxygen atoms in total. The summed E-state index contributed by atoms with van der Waals surface area (Å²) in [5, 5.41) is 25.2. The van der Waals surface area contributed by atoms with E-state index >= 15 is 0 Å². The van der Waals surface area contributed by atoms with Crippen LogP contribution in [-0.2, 0) is 9.84 Å². The number of carbonyl (C=O) groups is 1. The summed E-state index contributed by atoms with van der Waals surface area (Å²) in [7, 11) is -2.28. The van der Waals surface area contributed by atoms with Gasteiger partial charge in [-0.25, -0.2) is 8.42 Å². The molecular formula is C20H24N4O6S. The van der Waals surface area contributed by atoms with Crippen molar-refractivity contribution in [2.24, 2.45) is 5.73 Å². The van der Waals surface area contributed by atoms with Crippen LogP contribution in [0.15, 0.2) is 52.3 Å². The largest absolute Gasteiger partial charge is 0.388 e. The average molecular weight is 449 g/mol. The van der Waals surface area contributed by atoms with Gasteiger partial charge in [0.2, 0.25) is 15.7 Å². The predicted molar refractivity (Wildman–Crippen MR) is 114 cm³/mol. The van der Waals surface area contributed by atoms with E-state index in [1.165, 1.54) is 36.4 Å². The third kappa shape index (κ3) is 4.84. The number of likely N-dealkylation sites (tertiary alicyclic amines) is 1. The lowest BCUT2D eigenvalue weighted by Crippen LogP contribution is -2.47. The lowest BCUT2D eigenvalue weighted by Gasteiger charge is -2.36. The van der Waals surface area contributed by atoms with Gasteiger partial charge in [-0.1, -0.05) is 12.1 Å². The molecule has 2 aromatic rings. The second-order valence-electron chi connectivity index (χ2n) is 7.68. The van der Waals surface area contributed by atoms with Gasteiger partial charge in [-0.3, -0.25) is 14.9 Å². The summed E-state index contributed by atoms with van der Waals surface area (Å²) in [5.41, 5.74) is 3.72. The standard InChI is InChI=1S/C20H24N4O6S/c1-23-10-8-20(26,9-11-23)13-22-16-7-6-14(12-17(16)24(27)28)31(29,30)18-5-3-2-4-15(18)19(21)25/h2-7,12,22,26H,8-11,13H2,1H3,(H2,21,25). The van der Waals surface area contributed by atoms with Crippen molar-refractivity contribution in [2.75, 3.05) is 32.0 Å². The number of primary amides is 1. The molecule has 0 aliphatic carbocycles. The van der Waals surface area contributed by atoms with Gasteiger partial charge in [0, 0.05) is 25.7 Å². The molecule has 1 heterocycles. The number of nitrogens with two attached hydrogens (primary N) is 1. The van der Waals surface area contributed by atoms with Crippen molar-refractivity contribution < 1.29 is 23.2 Å². The first-order valence-corrected chi connectivity index (χ1v) is 11.1. The van der Waals surface area contributed by atoms with E-state index in [2.05, 4.69) is 10.2 Å². The highest BCUT2D eigenvalue weighted by Gasteiger charge is 2.32. The Hall–Kier alpha value is -3.02. The van der Waals surface area contributed by atoms with Crippen LogP contribution in [0.3, 0.4) is 0 Å². The van der Waals surface area contributed by atoms with Gasteiger partial charge in [0.05, 0.1) is 25.9 Å². The molecule has 3 rings (SSSR count). The minimum Gasteiger partial charge on any atom is -0.388 e. The van der Waals surface area contributed by atoms with E-state index in [0.29, 0.717) is 25.9 Å². The lowest BCUT2D eigenvalue weighted by atomic mass is 9.91. The molecule has 0 radical (unpaired) electrons. The molecule has 2 aromatic carbocycles. The number of nitro groups is 1. The highest BCUT2D eigenvalue weighted by atomic mass is 32.2. The maximum absolute atomic E-state index is 13.0. The zero-order valence-corrected chi connectivity index (χ0v) is 17.8. The van der Waals surface area contributed by atoms with Gasteiger partial charge in [0.25, 0.3) is 5.69 Å². The van der Waals surface area contributed by atoms with Crippen molar-refractivity contribution in [1.29, 1.82) is 0 Å². The molecule has 1 aliphatic rings. The molecule has 0 spiro atoms. The zero-order valence-electron chi connectivity index (χ0n) is 16.9. The summed E-state index contributed by atoms with van der Waals surface area (Å²) in [6.45, 7) is 1.51. The number of benzene rings is 2. The second kappa shape index (κ2) is 8.61. The summed E-state index contributed by atoms with van der Waals surface area (Å²) < 4.78 is 26.1. The molecule has 31 heavy (non-hydrogen) atoms. The molecular weight excluding hydrogens is 424 g/mol. The number of nitrogens with one attached hydrogen (secondary N) is 1. The number of nitrogens with zero attached hydrogens (tertiary/aromatic N) is 2. The Morgan fingerprint density at radius 2 is 1.90 bits per heavy atom. The fraction of sp³-hybridized carbons (Fsp3) is 0.350. The van der Waals surface area contributed by atoms with E-state index in [-0.39, 0.29) is 27.6 Å². The van der Waals surface area contributed by atoms with Crippen molar-refractivity contribution in [3.05, 3.63) is 58.1 Å². The van der Waals surface area contributed by atoms with Crippen molar-refractivity contribution in [1.82, 2.24) is 4.90 Å². The monoisotopic (exact) mass is 448 g/mol. The normalized spacial score (nSPS) is 16.6. The van der Waals surface area contributed by atoms with Crippen LogP contribution in [-0.4, -0.2) is 61.5 Å². The Balaban J connectivity index is 1.92. The van der Waals surface area contributed by atoms with E-state index in [1.807, 2.05) is 7.05 Å². The van der Waals surface area contributed by atoms with Crippen LogP contribution < -0.4 is 11.1 Å². The first kappa shape index (κ1) is 22.7. The number of carbonyl (C=O) groups excluding carboxylic acids is 1. The fourth-order valence-corrected chi connectivity index (χ4v) is 4.97. The quantitative estimate of drug-likeness (QED) is 0.424. The minimum absolute atomic E-state index is 0.0955. The van der Waals surface area contributed by atoms with Gasteiger partial charge in [-0.15, -0.1) is 0 Å². The van der Waals surface area contributed by atoms with Crippen LogP contribution >= 0.6 is 0 Å². The summed E-state index contributed by atoms with van der Waals surface area (Å²) in [6, 6.07) is 8.87. The van der Waals surface area contributed by atoms with Crippen molar-refractivity contribution in [2.45, 2.75) is 28.2 Å². The number of aliphatic hydroxyl groups is 1. The van der Waals surface area contributed by atoms with E-state index < -0.39 is 32.0 Å². The van der Waals surface area contributed by atoms with Gasteiger partial charge in [-0.2, -0.15) is 0 Å². The summed E-state index contributed by atoms with van der Waals surface area (Å²) in [6.07, 6.45) is 1.03. The minimum atomic E-state index is -4.23. The smallest absolute Gasteiger partial charge is 0.293 e. The number of amides is 1. The van der Waals surface area contributed by atoms with E-state index in [9.17, 15) is 28.4 Å². The summed E-state index contributed by atoms with van der Waals surface area (Å²) >= 11 is 0. The van der Waals surface area contributed by atoms with Gasteiger partial charge < -0.3 is 21.1 Å². The number of hydrogen-bond acceptors (Lipinski definition) is 8. The van der Waals surface area contributed by atoms with Crippen LogP contribution in [0.2, 0.25) is 0 Å². The zero-order chi connectivity index (χ0) is 22.8. The third-order valence-corrected chi connectivity index (χ3v) is 7.25.